The van der Waals surface area contributed by atoms with Crippen molar-refractivity contribution in [1.82, 2.24) is 5.32 Å². The first-order chi connectivity index (χ1) is 6.80. The van der Waals surface area contributed by atoms with Gasteiger partial charge >= 0.3 is 0 Å². The van der Waals surface area contributed by atoms with E-state index in [2.05, 4.69) is 5.32 Å². The van der Waals surface area contributed by atoms with Crippen LogP contribution < -0.4 is 5.32 Å². The third kappa shape index (κ3) is 0.996. The summed E-state index contributed by atoms with van der Waals surface area (Å²) in [6, 6.07) is 5.59. The van der Waals surface area contributed by atoms with E-state index in [0.717, 1.165) is 26.1 Å². The molecule has 1 spiro atoms. The second-order valence-electron chi connectivity index (χ2n) is 4.04. The first-order valence-electron chi connectivity index (χ1n) is 4.97. The number of benzene rings is 1. The van der Waals surface area contributed by atoms with Gasteiger partial charge in [0, 0.05) is 13.1 Å². The normalized spacial score (nSPS) is 22.9. The Balaban J connectivity index is 2.10. The van der Waals surface area contributed by atoms with Crippen LogP contribution in [-0.4, -0.2) is 24.8 Å². The first kappa shape index (κ1) is 8.26. The van der Waals surface area contributed by atoms with Crippen LogP contribution in [0.25, 0.3) is 0 Å². The molecule has 1 saturated heterocycles. The maximum atomic E-state index is 9.39. The molecule has 2 aliphatic rings. The fourth-order valence-electron chi connectivity index (χ4n) is 2.31. The van der Waals surface area contributed by atoms with Gasteiger partial charge in [0.15, 0.2) is 0 Å². The van der Waals surface area contributed by atoms with Crippen LogP contribution >= 0.6 is 0 Å². The average molecular weight is 191 g/mol. The summed E-state index contributed by atoms with van der Waals surface area (Å²) in [6.07, 6.45) is 0.908. The number of rotatable bonds is 0. The topological polar surface area (TPSA) is 41.5 Å². The lowest BCUT2D eigenvalue weighted by molar-refractivity contribution is -0.0952. The van der Waals surface area contributed by atoms with Crippen LogP contribution in [0.1, 0.15) is 11.1 Å². The van der Waals surface area contributed by atoms with Crippen molar-refractivity contribution in [3.8, 4) is 5.75 Å². The van der Waals surface area contributed by atoms with Crippen molar-refractivity contribution in [2.45, 2.75) is 12.0 Å². The number of hydrogen-bond donors (Lipinski definition) is 2. The number of phenolic OH excluding ortho intramolecular Hbond substituents is 1. The lowest BCUT2D eigenvalue weighted by atomic mass is 9.82. The van der Waals surface area contributed by atoms with Gasteiger partial charge < -0.3 is 15.2 Å². The minimum Gasteiger partial charge on any atom is -0.508 e. The molecule has 0 aromatic heterocycles. The van der Waals surface area contributed by atoms with Crippen molar-refractivity contribution in [2.75, 3.05) is 19.7 Å². The van der Waals surface area contributed by atoms with E-state index in [4.69, 9.17) is 4.74 Å². The molecule has 3 heteroatoms. The molecule has 74 valence electrons. The van der Waals surface area contributed by atoms with E-state index >= 15 is 0 Å². The summed E-state index contributed by atoms with van der Waals surface area (Å²) in [5.74, 6) is 0.355. The molecule has 1 aromatic carbocycles. The third-order valence-corrected chi connectivity index (χ3v) is 3.15. The van der Waals surface area contributed by atoms with E-state index in [1.54, 1.807) is 6.07 Å². The maximum absolute atomic E-state index is 9.39. The van der Waals surface area contributed by atoms with Crippen molar-refractivity contribution in [1.29, 1.82) is 0 Å². The van der Waals surface area contributed by atoms with Crippen molar-refractivity contribution in [3.05, 3.63) is 29.3 Å². The molecule has 2 N–H and O–H groups in total. The van der Waals surface area contributed by atoms with Crippen molar-refractivity contribution in [3.63, 3.8) is 0 Å². The van der Waals surface area contributed by atoms with Crippen LogP contribution in [-0.2, 0) is 16.8 Å². The van der Waals surface area contributed by atoms with Gasteiger partial charge in [-0.15, -0.1) is 0 Å². The van der Waals surface area contributed by atoms with Crippen molar-refractivity contribution < 1.29 is 9.84 Å². The molecule has 1 fully saturated rings. The Morgan fingerprint density at radius 2 is 2.21 bits per heavy atom. The molecule has 0 aliphatic carbocycles. The second kappa shape index (κ2) is 2.72. The minimum absolute atomic E-state index is 0.0959. The van der Waals surface area contributed by atoms with Gasteiger partial charge in [-0.3, -0.25) is 0 Å². The predicted octanol–water partition coefficient (Wildman–Crippen LogP) is 0.763. The monoisotopic (exact) mass is 191 g/mol. The SMILES string of the molecule is Oc1ccc2c(c1)CCOC21CNC1. The molecular formula is C11H13NO2. The Morgan fingerprint density at radius 3 is 2.93 bits per heavy atom. The Bertz CT molecular complexity index is 372. The maximum Gasteiger partial charge on any atom is 0.118 e. The van der Waals surface area contributed by atoms with E-state index in [9.17, 15) is 5.11 Å². The standard InChI is InChI=1S/C11H13NO2/c13-9-1-2-10-8(5-9)3-4-14-11(10)6-12-7-11/h1-2,5,12-13H,3-4,6-7H2. The fraction of sp³-hybridized carbons (Fsp3) is 0.455. The predicted molar refractivity (Wildman–Crippen MR) is 52.3 cm³/mol. The number of phenols is 1. The van der Waals surface area contributed by atoms with Gasteiger partial charge in [0.1, 0.15) is 11.4 Å². The summed E-state index contributed by atoms with van der Waals surface area (Å²) in [4.78, 5) is 0. The molecule has 3 nitrogen and oxygen atoms in total. The molecule has 0 bridgehead atoms. The van der Waals surface area contributed by atoms with Crippen LogP contribution in [0.2, 0.25) is 0 Å². The Labute approximate surface area is 82.7 Å². The summed E-state index contributed by atoms with van der Waals surface area (Å²) in [7, 11) is 0. The van der Waals surface area contributed by atoms with E-state index < -0.39 is 0 Å². The smallest absolute Gasteiger partial charge is 0.118 e. The lowest BCUT2D eigenvalue weighted by Gasteiger charge is -2.46. The number of hydrogen-bond acceptors (Lipinski definition) is 3. The van der Waals surface area contributed by atoms with Gasteiger partial charge in [-0.25, -0.2) is 0 Å². The van der Waals surface area contributed by atoms with Crippen LogP contribution in [0.5, 0.6) is 5.75 Å². The molecule has 2 heterocycles. The fourth-order valence-corrected chi connectivity index (χ4v) is 2.31. The molecule has 3 rings (SSSR count). The van der Waals surface area contributed by atoms with Gasteiger partial charge in [0.2, 0.25) is 0 Å². The van der Waals surface area contributed by atoms with Crippen molar-refractivity contribution >= 4 is 0 Å². The van der Waals surface area contributed by atoms with Crippen LogP contribution in [0.4, 0.5) is 0 Å². The van der Waals surface area contributed by atoms with Crippen LogP contribution in [0.3, 0.4) is 0 Å². The lowest BCUT2D eigenvalue weighted by Crippen LogP contribution is -2.60. The first-order valence-corrected chi connectivity index (χ1v) is 4.97. The Morgan fingerprint density at radius 1 is 1.36 bits per heavy atom. The van der Waals surface area contributed by atoms with Crippen LogP contribution in [0, 0.1) is 0 Å². The molecule has 14 heavy (non-hydrogen) atoms. The van der Waals surface area contributed by atoms with Crippen LogP contribution in [0.15, 0.2) is 18.2 Å². The summed E-state index contributed by atoms with van der Waals surface area (Å²) in [6.45, 7) is 2.55. The number of nitrogens with one attached hydrogen (secondary N) is 1. The highest BCUT2D eigenvalue weighted by Crippen LogP contribution is 2.37. The summed E-state index contributed by atoms with van der Waals surface area (Å²) < 4.78 is 5.82. The molecule has 0 amide bonds. The van der Waals surface area contributed by atoms with Gasteiger partial charge in [-0.1, -0.05) is 6.07 Å². The molecule has 0 unspecified atom stereocenters. The third-order valence-electron chi connectivity index (χ3n) is 3.15. The molecule has 0 atom stereocenters. The average Bonchev–Trinajstić information content (AvgIpc) is 2.13. The zero-order valence-corrected chi connectivity index (χ0v) is 7.92. The molecular weight excluding hydrogens is 178 g/mol. The van der Waals surface area contributed by atoms with Gasteiger partial charge in [-0.2, -0.15) is 0 Å². The summed E-state index contributed by atoms with van der Waals surface area (Å²) >= 11 is 0. The molecule has 0 radical (unpaired) electrons. The highest BCUT2D eigenvalue weighted by Gasteiger charge is 2.43. The number of fused-ring (bicyclic) bond motifs is 2. The van der Waals surface area contributed by atoms with E-state index in [-0.39, 0.29) is 5.60 Å². The van der Waals surface area contributed by atoms with E-state index in [0.29, 0.717) is 5.75 Å². The quantitative estimate of drug-likeness (QED) is 0.636. The van der Waals surface area contributed by atoms with Gasteiger partial charge in [-0.05, 0) is 29.7 Å². The highest BCUT2D eigenvalue weighted by molar-refractivity contribution is 5.41. The largest absolute Gasteiger partial charge is 0.508 e. The summed E-state index contributed by atoms with van der Waals surface area (Å²) in [5.41, 5.74) is 2.39. The second-order valence-corrected chi connectivity index (χ2v) is 4.04. The minimum atomic E-state index is -0.0959. The zero-order valence-electron chi connectivity index (χ0n) is 7.92. The molecule has 1 aromatic rings. The number of aromatic hydroxyl groups is 1. The zero-order chi connectivity index (χ0) is 9.60. The number of ether oxygens (including phenoxy) is 1. The Kier molecular flexibility index (Phi) is 1.60. The van der Waals surface area contributed by atoms with E-state index in [1.807, 2.05) is 12.1 Å². The van der Waals surface area contributed by atoms with Gasteiger partial charge in [0.05, 0.1) is 6.61 Å². The van der Waals surface area contributed by atoms with E-state index in [1.165, 1.54) is 11.1 Å². The highest BCUT2D eigenvalue weighted by atomic mass is 16.5. The van der Waals surface area contributed by atoms with Gasteiger partial charge in [0.25, 0.3) is 0 Å². The Hall–Kier alpha value is -1.06. The molecule has 0 saturated carbocycles. The summed E-state index contributed by atoms with van der Waals surface area (Å²) in [5, 5.41) is 12.6. The molecule has 2 aliphatic heterocycles. The van der Waals surface area contributed by atoms with Crippen molar-refractivity contribution in [2.24, 2.45) is 0 Å².